The molecule has 4 heteroatoms. The molecule has 0 N–H and O–H groups in total. The Bertz CT molecular complexity index is 542. The Balaban J connectivity index is 1.66. The average Bonchev–Trinajstić information content (AvgIpc) is 2.97. The Labute approximate surface area is 119 Å². The van der Waals surface area contributed by atoms with Crippen molar-refractivity contribution in [1.82, 2.24) is 9.78 Å². The number of methoxy groups -OCH3 is 1. The van der Waals surface area contributed by atoms with E-state index in [0.717, 1.165) is 17.2 Å². The molecule has 1 heterocycles. The average molecular weight is 272 g/mol. The molecule has 1 aromatic heterocycles. The second-order valence-corrected chi connectivity index (χ2v) is 5.23. The first-order valence-corrected chi connectivity index (χ1v) is 7.21. The van der Waals surface area contributed by atoms with Crippen molar-refractivity contribution in [3.05, 3.63) is 36.7 Å². The number of nitrogens with zero attached hydrogens (tertiary/aromatic N) is 2. The highest BCUT2D eigenvalue weighted by atomic mass is 16.5. The first-order chi connectivity index (χ1) is 9.85. The van der Waals surface area contributed by atoms with E-state index in [1.807, 2.05) is 30.5 Å². The highest BCUT2D eigenvalue weighted by Crippen LogP contribution is 2.30. The van der Waals surface area contributed by atoms with Crippen LogP contribution in [0.5, 0.6) is 17.2 Å². The molecule has 0 amide bonds. The van der Waals surface area contributed by atoms with Crippen molar-refractivity contribution in [2.75, 3.05) is 7.11 Å². The van der Waals surface area contributed by atoms with Gasteiger partial charge in [0.1, 0.15) is 11.5 Å². The molecule has 0 atom stereocenters. The first-order valence-electron chi connectivity index (χ1n) is 7.21. The maximum absolute atomic E-state index is 5.81. The molecule has 20 heavy (non-hydrogen) atoms. The van der Waals surface area contributed by atoms with Crippen molar-refractivity contribution < 1.29 is 9.47 Å². The van der Waals surface area contributed by atoms with Gasteiger partial charge in [0.25, 0.3) is 0 Å². The maximum atomic E-state index is 5.81. The Hall–Kier alpha value is -1.97. The van der Waals surface area contributed by atoms with Gasteiger partial charge in [0.2, 0.25) is 0 Å². The summed E-state index contributed by atoms with van der Waals surface area (Å²) in [4.78, 5) is 0. The van der Waals surface area contributed by atoms with E-state index in [4.69, 9.17) is 9.47 Å². The molecule has 1 aromatic carbocycles. The van der Waals surface area contributed by atoms with Crippen molar-refractivity contribution in [1.29, 1.82) is 0 Å². The number of ether oxygens (including phenoxy) is 2. The number of hydrogen-bond acceptors (Lipinski definition) is 3. The van der Waals surface area contributed by atoms with Gasteiger partial charge < -0.3 is 9.47 Å². The van der Waals surface area contributed by atoms with Crippen LogP contribution in [-0.2, 0) is 0 Å². The van der Waals surface area contributed by atoms with E-state index in [9.17, 15) is 0 Å². The summed E-state index contributed by atoms with van der Waals surface area (Å²) >= 11 is 0. The largest absolute Gasteiger partial charge is 0.497 e. The van der Waals surface area contributed by atoms with Gasteiger partial charge in [-0.15, -0.1) is 0 Å². The summed E-state index contributed by atoms with van der Waals surface area (Å²) < 4.78 is 13.0. The zero-order chi connectivity index (χ0) is 13.8. The van der Waals surface area contributed by atoms with Gasteiger partial charge >= 0.3 is 0 Å². The van der Waals surface area contributed by atoms with Gasteiger partial charge in [-0.25, -0.2) is 0 Å². The minimum absolute atomic E-state index is 0.539. The molecule has 1 saturated carbocycles. The van der Waals surface area contributed by atoms with Gasteiger partial charge in [-0.3, -0.25) is 4.68 Å². The summed E-state index contributed by atoms with van der Waals surface area (Å²) in [5.41, 5.74) is 0. The molecular weight excluding hydrogens is 252 g/mol. The van der Waals surface area contributed by atoms with Crippen LogP contribution in [0.25, 0.3) is 0 Å². The number of hydrogen-bond donors (Lipinski definition) is 0. The van der Waals surface area contributed by atoms with Crippen LogP contribution in [0.2, 0.25) is 0 Å². The van der Waals surface area contributed by atoms with E-state index in [2.05, 4.69) is 9.78 Å². The summed E-state index contributed by atoms with van der Waals surface area (Å²) in [6.07, 6.45) is 10.2. The Morgan fingerprint density at radius 3 is 2.40 bits per heavy atom. The molecule has 0 bridgehead atoms. The van der Waals surface area contributed by atoms with Gasteiger partial charge in [0.05, 0.1) is 25.5 Å². The van der Waals surface area contributed by atoms with Crippen molar-refractivity contribution in [2.45, 2.75) is 38.1 Å². The molecule has 0 aliphatic heterocycles. The molecule has 3 rings (SSSR count). The van der Waals surface area contributed by atoms with Crippen molar-refractivity contribution in [3.8, 4) is 17.2 Å². The summed E-state index contributed by atoms with van der Waals surface area (Å²) in [6, 6.07) is 8.12. The minimum atomic E-state index is 0.539. The van der Waals surface area contributed by atoms with Crippen LogP contribution in [-0.4, -0.2) is 16.9 Å². The van der Waals surface area contributed by atoms with Crippen molar-refractivity contribution in [2.24, 2.45) is 0 Å². The van der Waals surface area contributed by atoms with E-state index in [1.165, 1.54) is 32.1 Å². The van der Waals surface area contributed by atoms with Gasteiger partial charge in [-0.1, -0.05) is 19.3 Å². The lowest BCUT2D eigenvalue weighted by atomic mass is 9.96. The molecule has 0 spiro atoms. The summed E-state index contributed by atoms with van der Waals surface area (Å²) in [7, 11) is 1.66. The Morgan fingerprint density at radius 2 is 1.70 bits per heavy atom. The second-order valence-electron chi connectivity index (χ2n) is 5.23. The van der Waals surface area contributed by atoms with Gasteiger partial charge in [-0.2, -0.15) is 5.10 Å². The van der Waals surface area contributed by atoms with Crippen molar-refractivity contribution in [3.63, 3.8) is 0 Å². The summed E-state index contributed by atoms with van der Waals surface area (Å²) in [5, 5.41) is 4.44. The lowest BCUT2D eigenvalue weighted by Gasteiger charge is -2.21. The van der Waals surface area contributed by atoms with Gasteiger partial charge in [0.15, 0.2) is 5.75 Å². The molecular formula is C16H20N2O2. The molecule has 1 fully saturated rings. The first kappa shape index (κ1) is 13.0. The zero-order valence-electron chi connectivity index (χ0n) is 11.8. The zero-order valence-corrected chi connectivity index (χ0v) is 11.8. The van der Waals surface area contributed by atoms with E-state index in [-0.39, 0.29) is 0 Å². The van der Waals surface area contributed by atoms with E-state index < -0.39 is 0 Å². The van der Waals surface area contributed by atoms with Gasteiger partial charge in [0, 0.05) is 0 Å². The van der Waals surface area contributed by atoms with E-state index >= 15 is 0 Å². The molecule has 1 aliphatic carbocycles. The topological polar surface area (TPSA) is 36.3 Å². The van der Waals surface area contributed by atoms with Crippen LogP contribution in [0.15, 0.2) is 36.7 Å². The summed E-state index contributed by atoms with van der Waals surface area (Å²) in [5.74, 6) is 2.42. The Morgan fingerprint density at radius 1 is 1.00 bits per heavy atom. The third-order valence-corrected chi connectivity index (χ3v) is 3.82. The highest BCUT2D eigenvalue weighted by molar-refractivity contribution is 5.34. The Kier molecular flexibility index (Phi) is 3.90. The monoisotopic (exact) mass is 272 g/mol. The fourth-order valence-corrected chi connectivity index (χ4v) is 2.70. The molecule has 2 aromatic rings. The third kappa shape index (κ3) is 2.95. The van der Waals surface area contributed by atoms with Gasteiger partial charge in [-0.05, 0) is 37.1 Å². The predicted octanol–water partition coefficient (Wildman–Crippen LogP) is 4.19. The van der Waals surface area contributed by atoms with Crippen LogP contribution in [0.1, 0.15) is 38.1 Å². The van der Waals surface area contributed by atoms with Crippen LogP contribution in [0.4, 0.5) is 0 Å². The smallest absolute Gasteiger partial charge is 0.165 e. The quantitative estimate of drug-likeness (QED) is 0.837. The normalized spacial score (nSPS) is 16.1. The van der Waals surface area contributed by atoms with Crippen LogP contribution in [0.3, 0.4) is 0 Å². The molecule has 1 aliphatic rings. The number of benzene rings is 1. The molecule has 4 nitrogen and oxygen atoms in total. The third-order valence-electron chi connectivity index (χ3n) is 3.82. The number of rotatable bonds is 4. The lowest BCUT2D eigenvalue weighted by Crippen LogP contribution is -2.12. The fourth-order valence-electron chi connectivity index (χ4n) is 2.70. The van der Waals surface area contributed by atoms with Crippen LogP contribution >= 0.6 is 0 Å². The highest BCUT2D eigenvalue weighted by Gasteiger charge is 2.16. The molecule has 0 unspecified atom stereocenters. The van der Waals surface area contributed by atoms with Crippen LogP contribution < -0.4 is 9.47 Å². The summed E-state index contributed by atoms with van der Waals surface area (Å²) in [6.45, 7) is 0. The van der Waals surface area contributed by atoms with Crippen LogP contribution in [0, 0.1) is 0 Å². The predicted molar refractivity (Wildman–Crippen MR) is 77.4 cm³/mol. The van der Waals surface area contributed by atoms with E-state index in [1.54, 1.807) is 13.3 Å². The lowest BCUT2D eigenvalue weighted by molar-refractivity contribution is 0.328. The fraction of sp³-hybridized carbons (Fsp3) is 0.438. The standard InChI is InChI=1S/C16H20N2O2/c1-19-14-7-9-15(10-8-14)20-16-11-17-18(12-16)13-5-3-2-4-6-13/h7-13H,2-6H2,1H3. The minimum Gasteiger partial charge on any atom is -0.497 e. The molecule has 0 radical (unpaired) electrons. The molecule has 106 valence electrons. The second kappa shape index (κ2) is 5.99. The maximum Gasteiger partial charge on any atom is 0.165 e. The van der Waals surface area contributed by atoms with Crippen molar-refractivity contribution >= 4 is 0 Å². The SMILES string of the molecule is COc1ccc(Oc2cnn(C3CCCCC3)c2)cc1. The number of aromatic nitrogens is 2. The molecule has 0 saturated heterocycles. The van der Waals surface area contributed by atoms with E-state index in [0.29, 0.717) is 6.04 Å².